The van der Waals surface area contributed by atoms with Crippen molar-refractivity contribution < 1.29 is 9.15 Å². The molecular formula is C17H18ClNO2. The van der Waals surface area contributed by atoms with Crippen molar-refractivity contribution in [1.29, 1.82) is 0 Å². The molecule has 0 unspecified atom stereocenters. The molecule has 0 atom stereocenters. The Morgan fingerprint density at radius 1 is 1.00 bits per heavy atom. The van der Waals surface area contributed by atoms with Gasteiger partial charge < -0.3 is 14.5 Å². The largest absolute Gasteiger partial charge is 0.496 e. The van der Waals surface area contributed by atoms with Gasteiger partial charge in [0, 0.05) is 12.1 Å². The van der Waals surface area contributed by atoms with Crippen molar-refractivity contribution >= 4 is 23.2 Å². The minimum Gasteiger partial charge on any atom is -0.496 e. The molecule has 0 saturated heterocycles. The van der Waals surface area contributed by atoms with Crippen LogP contribution in [0.2, 0.25) is 0 Å². The molecule has 0 bridgehead atoms. The molecule has 2 aromatic carbocycles. The molecule has 0 radical (unpaired) electrons. The normalized spacial score (nSPS) is 10.3. The fourth-order valence-corrected chi connectivity index (χ4v) is 2.41. The van der Waals surface area contributed by atoms with Gasteiger partial charge in [0.25, 0.3) is 0 Å². The first-order chi connectivity index (χ1) is 9.88. The number of methoxy groups -OCH3 is 1. The van der Waals surface area contributed by atoms with Crippen LogP contribution in [0.5, 0.6) is 5.75 Å². The zero-order chi connectivity index (χ0) is 13.8. The third kappa shape index (κ3) is 3.38. The number of benzene rings is 2. The summed E-state index contributed by atoms with van der Waals surface area (Å²) in [6.07, 6.45) is 1.69. The molecule has 1 heterocycles. The van der Waals surface area contributed by atoms with Crippen molar-refractivity contribution in [1.82, 2.24) is 5.32 Å². The number of rotatable bonds is 5. The number of fused-ring (bicyclic) bond motifs is 1. The SMILES string of the molecule is COc1ccc2ccccc2c1CNCc1ccco1.Cl. The first kappa shape index (κ1) is 15.4. The van der Waals surface area contributed by atoms with E-state index in [-0.39, 0.29) is 12.4 Å². The van der Waals surface area contributed by atoms with E-state index < -0.39 is 0 Å². The van der Waals surface area contributed by atoms with E-state index in [4.69, 9.17) is 9.15 Å². The fraction of sp³-hybridized carbons (Fsp3) is 0.176. The lowest BCUT2D eigenvalue weighted by molar-refractivity contribution is 0.407. The molecule has 0 fully saturated rings. The summed E-state index contributed by atoms with van der Waals surface area (Å²) in [4.78, 5) is 0. The summed E-state index contributed by atoms with van der Waals surface area (Å²) in [5.41, 5.74) is 1.18. The van der Waals surface area contributed by atoms with Crippen LogP contribution >= 0.6 is 12.4 Å². The Morgan fingerprint density at radius 3 is 2.62 bits per heavy atom. The maximum atomic E-state index is 5.48. The molecule has 1 aromatic heterocycles. The third-order valence-electron chi connectivity index (χ3n) is 3.40. The van der Waals surface area contributed by atoms with Crippen molar-refractivity contribution in [2.24, 2.45) is 0 Å². The minimum atomic E-state index is 0. The summed E-state index contributed by atoms with van der Waals surface area (Å²) in [6.45, 7) is 1.45. The van der Waals surface area contributed by atoms with E-state index in [9.17, 15) is 0 Å². The van der Waals surface area contributed by atoms with Crippen LogP contribution in [0.15, 0.2) is 59.2 Å². The van der Waals surface area contributed by atoms with E-state index in [2.05, 4.69) is 35.6 Å². The van der Waals surface area contributed by atoms with Crippen LogP contribution in [-0.4, -0.2) is 7.11 Å². The second kappa shape index (κ2) is 7.16. The highest BCUT2D eigenvalue weighted by Crippen LogP contribution is 2.27. The Kier molecular flexibility index (Phi) is 5.26. The van der Waals surface area contributed by atoms with Crippen molar-refractivity contribution in [2.45, 2.75) is 13.1 Å². The van der Waals surface area contributed by atoms with E-state index in [1.807, 2.05) is 18.2 Å². The molecule has 3 rings (SSSR count). The molecule has 3 nitrogen and oxygen atoms in total. The van der Waals surface area contributed by atoms with Gasteiger partial charge >= 0.3 is 0 Å². The van der Waals surface area contributed by atoms with Gasteiger partial charge in [0.15, 0.2) is 0 Å². The Morgan fingerprint density at radius 2 is 1.86 bits per heavy atom. The molecule has 110 valence electrons. The number of ether oxygens (including phenoxy) is 1. The number of furan rings is 1. The predicted octanol–water partition coefficient (Wildman–Crippen LogP) is 4.15. The molecule has 0 aliphatic carbocycles. The molecule has 0 amide bonds. The number of nitrogens with one attached hydrogen (secondary N) is 1. The zero-order valence-electron chi connectivity index (χ0n) is 11.8. The van der Waals surface area contributed by atoms with Gasteiger partial charge in [-0.3, -0.25) is 0 Å². The van der Waals surface area contributed by atoms with Crippen molar-refractivity contribution in [2.75, 3.05) is 7.11 Å². The molecule has 0 aliphatic heterocycles. The van der Waals surface area contributed by atoms with Crippen LogP contribution in [0.1, 0.15) is 11.3 Å². The Balaban J connectivity index is 0.00000161. The molecule has 0 aliphatic rings. The molecule has 1 N–H and O–H groups in total. The monoisotopic (exact) mass is 303 g/mol. The average molecular weight is 304 g/mol. The zero-order valence-corrected chi connectivity index (χ0v) is 12.7. The van der Waals surface area contributed by atoms with Crippen molar-refractivity contribution in [3.8, 4) is 5.75 Å². The lowest BCUT2D eigenvalue weighted by Crippen LogP contribution is -2.13. The summed E-state index contributed by atoms with van der Waals surface area (Å²) >= 11 is 0. The topological polar surface area (TPSA) is 34.4 Å². The highest BCUT2D eigenvalue weighted by Gasteiger charge is 2.08. The summed E-state index contributed by atoms with van der Waals surface area (Å²) < 4.78 is 10.8. The van der Waals surface area contributed by atoms with Gasteiger partial charge in [-0.1, -0.05) is 30.3 Å². The molecular weight excluding hydrogens is 286 g/mol. The van der Waals surface area contributed by atoms with E-state index in [0.29, 0.717) is 6.54 Å². The van der Waals surface area contributed by atoms with Crippen molar-refractivity contribution in [3.05, 3.63) is 66.1 Å². The summed E-state index contributed by atoms with van der Waals surface area (Å²) in [7, 11) is 1.71. The molecule has 0 saturated carbocycles. The first-order valence-corrected chi connectivity index (χ1v) is 6.66. The van der Waals surface area contributed by atoms with E-state index in [1.165, 1.54) is 16.3 Å². The molecule has 3 aromatic rings. The maximum Gasteiger partial charge on any atom is 0.123 e. The standard InChI is InChI=1S/C17H17NO2.ClH/c1-19-17-9-8-13-5-2-3-7-15(13)16(17)12-18-11-14-6-4-10-20-14;/h2-10,18H,11-12H2,1H3;1H. The van der Waals surface area contributed by atoms with Gasteiger partial charge in [0.05, 0.1) is 19.9 Å². The number of hydrogen-bond donors (Lipinski definition) is 1. The molecule has 0 spiro atoms. The molecule has 4 heteroatoms. The quantitative estimate of drug-likeness (QED) is 0.769. The maximum absolute atomic E-state index is 5.48. The van der Waals surface area contributed by atoms with Crippen LogP contribution in [0.4, 0.5) is 0 Å². The van der Waals surface area contributed by atoms with Crippen LogP contribution < -0.4 is 10.1 Å². The van der Waals surface area contributed by atoms with E-state index in [1.54, 1.807) is 13.4 Å². The number of halogens is 1. The van der Waals surface area contributed by atoms with Gasteiger partial charge in [0.2, 0.25) is 0 Å². The highest BCUT2D eigenvalue weighted by molar-refractivity contribution is 5.87. The smallest absolute Gasteiger partial charge is 0.123 e. The van der Waals surface area contributed by atoms with Gasteiger partial charge in [-0.25, -0.2) is 0 Å². The van der Waals surface area contributed by atoms with Gasteiger partial charge in [0.1, 0.15) is 11.5 Å². The average Bonchev–Trinajstić information content (AvgIpc) is 3.00. The Labute approximate surface area is 130 Å². The fourth-order valence-electron chi connectivity index (χ4n) is 2.41. The van der Waals surface area contributed by atoms with Crippen LogP contribution in [-0.2, 0) is 13.1 Å². The second-order valence-corrected chi connectivity index (χ2v) is 4.65. The van der Waals surface area contributed by atoms with E-state index >= 15 is 0 Å². The highest BCUT2D eigenvalue weighted by atomic mass is 35.5. The van der Waals surface area contributed by atoms with E-state index in [0.717, 1.165) is 18.1 Å². The van der Waals surface area contributed by atoms with Crippen LogP contribution in [0, 0.1) is 0 Å². The Bertz CT molecular complexity index is 695. The van der Waals surface area contributed by atoms with Crippen LogP contribution in [0.25, 0.3) is 10.8 Å². The Hall–Kier alpha value is -1.97. The molecule has 21 heavy (non-hydrogen) atoms. The summed E-state index contributed by atoms with van der Waals surface area (Å²) in [5, 5.41) is 5.84. The lowest BCUT2D eigenvalue weighted by atomic mass is 10.0. The van der Waals surface area contributed by atoms with Gasteiger partial charge in [-0.2, -0.15) is 0 Å². The predicted molar refractivity (Wildman–Crippen MR) is 87.0 cm³/mol. The van der Waals surface area contributed by atoms with Gasteiger partial charge in [-0.15, -0.1) is 12.4 Å². The third-order valence-corrected chi connectivity index (χ3v) is 3.40. The second-order valence-electron chi connectivity index (χ2n) is 4.65. The van der Waals surface area contributed by atoms with Crippen LogP contribution in [0.3, 0.4) is 0 Å². The minimum absolute atomic E-state index is 0. The van der Waals surface area contributed by atoms with Crippen molar-refractivity contribution in [3.63, 3.8) is 0 Å². The first-order valence-electron chi connectivity index (χ1n) is 6.66. The summed E-state index contributed by atoms with van der Waals surface area (Å²) in [6, 6.07) is 16.3. The van der Waals surface area contributed by atoms with Gasteiger partial charge in [-0.05, 0) is 29.0 Å². The number of hydrogen-bond acceptors (Lipinski definition) is 3. The summed E-state index contributed by atoms with van der Waals surface area (Å²) in [5.74, 6) is 1.85. The lowest BCUT2D eigenvalue weighted by Gasteiger charge is -2.12.